The smallest absolute Gasteiger partial charge is 0.319 e. The molecular weight excluding hydrogens is 202 g/mol. The van der Waals surface area contributed by atoms with Crippen LogP contribution in [0.25, 0.3) is 0 Å². The predicted octanol–water partition coefficient (Wildman–Crippen LogP) is 2.41. The van der Waals surface area contributed by atoms with E-state index < -0.39 is 23.4 Å². The first-order valence-electron chi connectivity index (χ1n) is 4.55. The first-order chi connectivity index (χ1) is 7.06. The van der Waals surface area contributed by atoms with Gasteiger partial charge in [-0.3, -0.25) is 0 Å². The van der Waals surface area contributed by atoms with Gasteiger partial charge in [-0.15, -0.1) is 0 Å². The fraction of sp³-hybridized carbons (Fsp3) is 0.300. The van der Waals surface area contributed by atoms with Gasteiger partial charge in [0.05, 0.1) is 0 Å². The third-order valence-electron chi connectivity index (χ3n) is 1.86. The van der Waals surface area contributed by atoms with Crippen molar-refractivity contribution in [2.24, 2.45) is 0 Å². The minimum absolute atomic E-state index is 0.281. The molecule has 0 spiro atoms. The van der Waals surface area contributed by atoms with E-state index in [2.05, 4.69) is 10.6 Å². The molecule has 2 N–H and O–H groups in total. The van der Waals surface area contributed by atoms with Crippen molar-refractivity contribution in [1.82, 2.24) is 5.32 Å². The summed E-state index contributed by atoms with van der Waals surface area (Å²) >= 11 is 0. The van der Waals surface area contributed by atoms with Gasteiger partial charge in [-0.2, -0.15) is 0 Å². The van der Waals surface area contributed by atoms with Crippen molar-refractivity contribution in [1.29, 1.82) is 0 Å². The Kier molecular flexibility index (Phi) is 3.60. The largest absolute Gasteiger partial charge is 0.338 e. The molecule has 0 saturated carbocycles. The van der Waals surface area contributed by atoms with Gasteiger partial charge >= 0.3 is 6.03 Å². The van der Waals surface area contributed by atoms with E-state index in [1.54, 1.807) is 6.92 Å². The lowest BCUT2D eigenvalue weighted by atomic mass is 10.2. The standard InChI is InChI=1S/C10H12F2N2O/c1-3-13-10(15)14-9-7(11)5-4-6(2)8(9)12/h4-5H,3H2,1-2H3,(H2,13,14,15). The Hall–Kier alpha value is -1.65. The van der Waals surface area contributed by atoms with Gasteiger partial charge in [-0.05, 0) is 25.5 Å². The number of hydrogen-bond donors (Lipinski definition) is 2. The van der Waals surface area contributed by atoms with Crippen molar-refractivity contribution in [2.45, 2.75) is 13.8 Å². The highest BCUT2D eigenvalue weighted by atomic mass is 19.1. The molecule has 0 aliphatic rings. The normalized spacial score (nSPS) is 9.87. The fourth-order valence-electron chi connectivity index (χ4n) is 1.09. The summed E-state index contributed by atoms with van der Waals surface area (Å²) in [6, 6.07) is 1.80. The molecule has 0 atom stereocenters. The Morgan fingerprint density at radius 3 is 2.67 bits per heavy atom. The van der Waals surface area contributed by atoms with Gasteiger partial charge < -0.3 is 10.6 Å². The summed E-state index contributed by atoms with van der Waals surface area (Å²) in [5, 5.41) is 4.50. The summed E-state index contributed by atoms with van der Waals surface area (Å²) < 4.78 is 26.5. The zero-order valence-electron chi connectivity index (χ0n) is 8.53. The number of urea groups is 1. The molecule has 82 valence electrons. The quantitative estimate of drug-likeness (QED) is 0.779. The van der Waals surface area contributed by atoms with E-state index in [-0.39, 0.29) is 5.56 Å². The summed E-state index contributed by atoms with van der Waals surface area (Å²) in [7, 11) is 0. The molecule has 0 aliphatic carbocycles. The van der Waals surface area contributed by atoms with Crippen LogP contribution in [-0.2, 0) is 0 Å². The lowest BCUT2D eigenvalue weighted by Gasteiger charge is -2.09. The predicted molar refractivity (Wildman–Crippen MR) is 53.8 cm³/mol. The van der Waals surface area contributed by atoms with Crippen LogP contribution in [0.15, 0.2) is 12.1 Å². The van der Waals surface area contributed by atoms with Crippen LogP contribution < -0.4 is 10.6 Å². The van der Waals surface area contributed by atoms with E-state index in [0.29, 0.717) is 6.54 Å². The monoisotopic (exact) mass is 214 g/mol. The highest BCUT2D eigenvalue weighted by Gasteiger charge is 2.13. The summed E-state index contributed by atoms with van der Waals surface area (Å²) in [5.74, 6) is -1.54. The Bertz CT molecular complexity index is 380. The molecule has 3 nitrogen and oxygen atoms in total. The number of benzene rings is 1. The minimum atomic E-state index is -0.788. The lowest BCUT2D eigenvalue weighted by molar-refractivity contribution is 0.252. The van der Waals surface area contributed by atoms with Crippen LogP contribution in [0.4, 0.5) is 19.3 Å². The number of rotatable bonds is 2. The Morgan fingerprint density at radius 1 is 1.40 bits per heavy atom. The molecule has 1 aromatic carbocycles. The summed E-state index contributed by atoms with van der Waals surface area (Å²) in [4.78, 5) is 11.1. The first-order valence-corrected chi connectivity index (χ1v) is 4.55. The molecule has 15 heavy (non-hydrogen) atoms. The Balaban J connectivity index is 2.93. The molecule has 0 fully saturated rings. The average molecular weight is 214 g/mol. The van der Waals surface area contributed by atoms with Crippen molar-refractivity contribution < 1.29 is 13.6 Å². The zero-order valence-corrected chi connectivity index (χ0v) is 8.53. The highest BCUT2D eigenvalue weighted by molar-refractivity contribution is 5.89. The van der Waals surface area contributed by atoms with Gasteiger partial charge in [0.25, 0.3) is 0 Å². The van der Waals surface area contributed by atoms with E-state index >= 15 is 0 Å². The molecule has 1 aromatic rings. The fourth-order valence-corrected chi connectivity index (χ4v) is 1.09. The summed E-state index contributed by atoms with van der Waals surface area (Å²) in [6.07, 6.45) is 0. The van der Waals surface area contributed by atoms with Crippen molar-refractivity contribution in [3.63, 3.8) is 0 Å². The molecule has 0 saturated heterocycles. The van der Waals surface area contributed by atoms with Gasteiger partial charge in [0.2, 0.25) is 0 Å². The van der Waals surface area contributed by atoms with Gasteiger partial charge in [-0.25, -0.2) is 13.6 Å². The lowest BCUT2D eigenvalue weighted by Crippen LogP contribution is -2.29. The number of aryl methyl sites for hydroxylation is 1. The second-order valence-corrected chi connectivity index (χ2v) is 3.04. The minimum Gasteiger partial charge on any atom is -0.338 e. The number of halogens is 2. The molecule has 2 amide bonds. The van der Waals surface area contributed by atoms with Gasteiger partial charge in [0.1, 0.15) is 11.5 Å². The molecule has 5 heteroatoms. The number of hydrogen-bond acceptors (Lipinski definition) is 1. The number of carbonyl (C=O) groups is 1. The van der Waals surface area contributed by atoms with Gasteiger partial charge in [0.15, 0.2) is 5.82 Å². The Morgan fingerprint density at radius 2 is 2.07 bits per heavy atom. The van der Waals surface area contributed by atoms with E-state index in [1.165, 1.54) is 13.0 Å². The van der Waals surface area contributed by atoms with Crippen LogP contribution in [0, 0.1) is 18.6 Å². The highest BCUT2D eigenvalue weighted by Crippen LogP contribution is 2.21. The maximum absolute atomic E-state index is 13.4. The van der Waals surface area contributed by atoms with E-state index in [4.69, 9.17) is 0 Å². The molecule has 0 heterocycles. The van der Waals surface area contributed by atoms with Crippen molar-refractivity contribution in [2.75, 3.05) is 11.9 Å². The molecule has 1 rings (SSSR count). The SMILES string of the molecule is CCNC(=O)Nc1c(F)ccc(C)c1F. The van der Waals surface area contributed by atoms with Gasteiger partial charge in [-0.1, -0.05) is 6.07 Å². The number of anilines is 1. The second kappa shape index (κ2) is 4.72. The third kappa shape index (κ3) is 2.65. The van der Waals surface area contributed by atoms with Crippen LogP contribution in [-0.4, -0.2) is 12.6 Å². The van der Waals surface area contributed by atoms with Crippen LogP contribution in [0.1, 0.15) is 12.5 Å². The zero-order chi connectivity index (χ0) is 11.4. The van der Waals surface area contributed by atoms with Crippen molar-refractivity contribution >= 4 is 11.7 Å². The molecule has 0 bridgehead atoms. The van der Waals surface area contributed by atoms with Gasteiger partial charge in [0, 0.05) is 6.54 Å². The number of nitrogens with one attached hydrogen (secondary N) is 2. The molecule has 0 aliphatic heterocycles. The van der Waals surface area contributed by atoms with Crippen LogP contribution in [0.2, 0.25) is 0 Å². The van der Waals surface area contributed by atoms with Crippen LogP contribution >= 0.6 is 0 Å². The second-order valence-electron chi connectivity index (χ2n) is 3.04. The topological polar surface area (TPSA) is 41.1 Å². The maximum Gasteiger partial charge on any atom is 0.319 e. The van der Waals surface area contributed by atoms with Crippen LogP contribution in [0.3, 0.4) is 0 Å². The molecule has 0 radical (unpaired) electrons. The molecule has 0 aromatic heterocycles. The maximum atomic E-state index is 13.4. The van der Waals surface area contributed by atoms with Crippen molar-refractivity contribution in [3.8, 4) is 0 Å². The van der Waals surface area contributed by atoms with Crippen molar-refractivity contribution in [3.05, 3.63) is 29.3 Å². The number of amides is 2. The first kappa shape index (κ1) is 11.4. The molecule has 0 unspecified atom stereocenters. The molecular formula is C10H12F2N2O. The van der Waals surface area contributed by atoms with E-state index in [1.807, 2.05) is 0 Å². The summed E-state index contributed by atoms with van der Waals surface area (Å²) in [6.45, 7) is 3.60. The van der Waals surface area contributed by atoms with E-state index in [0.717, 1.165) is 6.07 Å². The third-order valence-corrected chi connectivity index (χ3v) is 1.86. The summed E-state index contributed by atoms with van der Waals surface area (Å²) in [5.41, 5.74) is -0.135. The number of carbonyl (C=O) groups excluding carboxylic acids is 1. The van der Waals surface area contributed by atoms with Crippen LogP contribution in [0.5, 0.6) is 0 Å². The average Bonchev–Trinajstić information content (AvgIpc) is 2.19. The van der Waals surface area contributed by atoms with E-state index in [9.17, 15) is 13.6 Å². The Labute approximate surface area is 86.5 Å².